The maximum Gasteiger partial charge on any atom is 0.130 e. The molecule has 0 saturated carbocycles. The number of fused-ring (bicyclic) bond motifs is 1. The summed E-state index contributed by atoms with van der Waals surface area (Å²) in [6.07, 6.45) is 4.25. The molecule has 1 heterocycles. The monoisotopic (exact) mass is 358 g/mol. The Kier molecular flexibility index (Phi) is 4.43. The molecule has 138 valence electrons. The fourth-order valence-electron chi connectivity index (χ4n) is 4.27. The second kappa shape index (κ2) is 6.77. The molecule has 4 rings (SSSR count). The molecule has 2 aromatic carbocycles. The van der Waals surface area contributed by atoms with E-state index in [1.165, 1.54) is 44.5 Å². The summed E-state index contributed by atoms with van der Waals surface area (Å²) < 4.78 is 11.5. The summed E-state index contributed by atoms with van der Waals surface area (Å²) in [7, 11) is 1.74. The van der Waals surface area contributed by atoms with Gasteiger partial charge in [-0.2, -0.15) is 0 Å². The van der Waals surface area contributed by atoms with Crippen molar-refractivity contribution in [2.45, 2.75) is 40.5 Å². The highest BCUT2D eigenvalue weighted by Gasteiger charge is 2.22. The largest absolute Gasteiger partial charge is 0.496 e. The quantitative estimate of drug-likeness (QED) is 0.528. The number of allylic oxidation sites excluding steroid dienone is 1. The third-order valence-corrected chi connectivity index (χ3v) is 5.51. The van der Waals surface area contributed by atoms with E-state index in [0.29, 0.717) is 0 Å². The van der Waals surface area contributed by atoms with Crippen molar-refractivity contribution in [3.05, 3.63) is 75.7 Å². The highest BCUT2D eigenvalue weighted by molar-refractivity contribution is 5.94. The van der Waals surface area contributed by atoms with Gasteiger partial charge < -0.3 is 9.15 Å². The third kappa shape index (κ3) is 2.99. The van der Waals surface area contributed by atoms with E-state index in [2.05, 4.69) is 57.2 Å². The minimum atomic E-state index is 0.924. The van der Waals surface area contributed by atoms with Crippen LogP contribution < -0.4 is 4.74 Å². The van der Waals surface area contributed by atoms with E-state index in [9.17, 15) is 0 Å². The van der Waals surface area contributed by atoms with Crippen LogP contribution in [0, 0.1) is 20.8 Å². The molecule has 0 spiro atoms. The zero-order valence-electron chi connectivity index (χ0n) is 16.8. The van der Waals surface area contributed by atoms with Crippen LogP contribution in [-0.2, 0) is 12.8 Å². The van der Waals surface area contributed by atoms with Gasteiger partial charge in [0.25, 0.3) is 0 Å². The number of hydrogen-bond donors (Lipinski definition) is 0. The Bertz CT molecular complexity index is 1030. The SMILES string of the molecule is CCc1ccc2c(c1-c1cc(C)c(OC)c(C)c1)C=C(c1ccc(C)o1)C2. The van der Waals surface area contributed by atoms with E-state index in [-0.39, 0.29) is 0 Å². The standard InChI is InChI=1S/C25H26O2/c1-6-18-8-9-19-13-20(23-10-7-17(4)27-23)14-22(19)24(18)21-11-15(2)25(26-5)16(3)12-21/h7-12,14H,6,13H2,1-5H3. The zero-order chi connectivity index (χ0) is 19.1. The maximum atomic E-state index is 5.88. The molecule has 0 unspecified atom stereocenters. The van der Waals surface area contributed by atoms with Gasteiger partial charge >= 0.3 is 0 Å². The molecular formula is C25H26O2. The number of hydrogen-bond acceptors (Lipinski definition) is 2. The van der Waals surface area contributed by atoms with Gasteiger partial charge in [-0.1, -0.05) is 19.1 Å². The number of aryl methyl sites for hydroxylation is 4. The molecule has 0 saturated heterocycles. The second-order valence-corrected chi connectivity index (χ2v) is 7.43. The van der Waals surface area contributed by atoms with Crippen LogP contribution in [0.4, 0.5) is 0 Å². The van der Waals surface area contributed by atoms with Crippen LogP contribution in [0.25, 0.3) is 22.8 Å². The Labute approximate surface area is 161 Å². The molecule has 0 fully saturated rings. The van der Waals surface area contributed by atoms with Crippen LogP contribution in [0.1, 0.15) is 46.3 Å². The Hall–Kier alpha value is -2.74. The molecule has 0 amide bonds. The van der Waals surface area contributed by atoms with E-state index in [0.717, 1.165) is 30.1 Å². The van der Waals surface area contributed by atoms with Gasteiger partial charge in [-0.3, -0.25) is 0 Å². The summed E-state index contributed by atoms with van der Waals surface area (Å²) in [4.78, 5) is 0. The van der Waals surface area contributed by atoms with Gasteiger partial charge in [0.15, 0.2) is 0 Å². The summed E-state index contributed by atoms with van der Waals surface area (Å²) >= 11 is 0. The van der Waals surface area contributed by atoms with Crippen molar-refractivity contribution >= 4 is 11.6 Å². The number of rotatable bonds is 4. The summed E-state index contributed by atoms with van der Waals surface area (Å²) in [5, 5.41) is 0. The molecule has 2 nitrogen and oxygen atoms in total. The van der Waals surface area contributed by atoms with Gasteiger partial charge in [-0.15, -0.1) is 0 Å². The molecule has 1 aliphatic rings. The maximum absolute atomic E-state index is 5.88. The van der Waals surface area contributed by atoms with Crippen molar-refractivity contribution in [3.8, 4) is 16.9 Å². The summed E-state index contributed by atoms with van der Waals surface area (Å²) in [6.45, 7) is 8.47. The van der Waals surface area contributed by atoms with Crippen molar-refractivity contribution < 1.29 is 9.15 Å². The molecule has 1 aromatic heterocycles. The fraction of sp³-hybridized carbons (Fsp3) is 0.280. The zero-order valence-corrected chi connectivity index (χ0v) is 16.8. The smallest absolute Gasteiger partial charge is 0.130 e. The number of benzene rings is 2. The third-order valence-electron chi connectivity index (χ3n) is 5.51. The minimum absolute atomic E-state index is 0.924. The Morgan fingerprint density at radius 2 is 1.74 bits per heavy atom. The normalized spacial score (nSPS) is 12.9. The van der Waals surface area contributed by atoms with Gasteiger partial charge in [0.05, 0.1) is 7.11 Å². The topological polar surface area (TPSA) is 22.4 Å². The highest BCUT2D eigenvalue weighted by atomic mass is 16.5. The summed E-state index contributed by atoms with van der Waals surface area (Å²) in [5.74, 6) is 2.92. The first kappa shape index (κ1) is 17.7. The molecule has 0 N–H and O–H groups in total. The molecule has 3 aromatic rings. The molecule has 2 heteroatoms. The van der Waals surface area contributed by atoms with Gasteiger partial charge in [-0.25, -0.2) is 0 Å². The summed E-state index contributed by atoms with van der Waals surface area (Å²) in [5.41, 5.74) is 10.3. The van der Waals surface area contributed by atoms with Crippen molar-refractivity contribution in [3.63, 3.8) is 0 Å². The molecule has 0 atom stereocenters. The van der Waals surface area contributed by atoms with E-state index < -0.39 is 0 Å². The van der Waals surface area contributed by atoms with Gasteiger partial charge in [0, 0.05) is 6.42 Å². The summed E-state index contributed by atoms with van der Waals surface area (Å²) in [6, 6.07) is 13.2. The Morgan fingerprint density at radius 3 is 2.33 bits per heavy atom. The van der Waals surface area contributed by atoms with E-state index >= 15 is 0 Å². The number of methoxy groups -OCH3 is 1. The lowest BCUT2D eigenvalue weighted by Crippen LogP contribution is -1.97. The van der Waals surface area contributed by atoms with Crippen molar-refractivity contribution in [2.24, 2.45) is 0 Å². The Morgan fingerprint density at radius 1 is 1.00 bits per heavy atom. The van der Waals surface area contributed by atoms with Crippen molar-refractivity contribution in [1.82, 2.24) is 0 Å². The lowest BCUT2D eigenvalue weighted by molar-refractivity contribution is 0.408. The Balaban J connectivity index is 1.90. The van der Waals surface area contributed by atoms with Crippen LogP contribution in [0.3, 0.4) is 0 Å². The molecular weight excluding hydrogens is 332 g/mol. The number of furan rings is 1. The molecule has 0 radical (unpaired) electrons. The van der Waals surface area contributed by atoms with Crippen LogP contribution in [0.15, 0.2) is 40.8 Å². The van der Waals surface area contributed by atoms with Crippen LogP contribution in [0.2, 0.25) is 0 Å². The second-order valence-electron chi connectivity index (χ2n) is 7.43. The first-order chi connectivity index (χ1) is 13.0. The minimum Gasteiger partial charge on any atom is -0.496 e. The predicted octanol–water partition coefficient (Wildman–Crippen LogP) is 6.54. The first-order valence-electron chi connectivity index (χ1n) is 9.59. The van der Waals surface area contributed by atoms with Gasteiger partial charge in [-0.05, 0) is 102 Å². The van der Waals surface area contributed by atoms with E-state index in [1.54, 1.807) is 7.11 Å². The van der Waals surface area contributed by atoms with Gasteiger partial charge in [0.2, 0.25) is 0 Å². The molecule has 27 heavy (non-hydrogen) atoms. The average molecular weight is 358 g/mol. The molecule has 0 aliphatic heterocycles. The number of ether oxygens (including phenoxy) is 1. The lowest BCUT2D eigenvalue weighted by atomic mass is 9.89. The average Bonchev–Trinajstić information content (AvgIpc) is 3.26. The molecule has 1 aliphatic carbocycles. The predicted molar refractivity (Wildman–Crippen MR) is 112 cm³/mol. The van der Waals surface area contributed by atoms with E-state index in [4.69, 9.17) is 9.15 Å². The van der Waals surface area contributed by atoms with Crippen LogP contribution in [0.5, 0.6) is 5.75 Å². The van der Waals surface area contributed by atoms with E-state index in [1.807, 2.05) is 13.0 Å². The first-order valence-corrected chi connectivity index (χ1v) is 9.59. The van der Waals surface area contributed by atoms with Crippen LogP contribution in [-0.4, -0.2) is 7.11 Å². The van der Waals surface area contributed by atoms with Gasteiger partial charge in [0.1, 0.15) is 17.3 Å². The molecule has 0 bridgehead atoms. The van der Waals surface area contributed by atoms with Crippen molar-refractivity contribution in [1.29, 1.82) is 0 Å². The fourth-order valence-corrected chi connectivity index (χ4v) is 4.27. The van der Waals surface area contributed by atoms with Crippen LogP contribution >= 0.6 is 0 Å². The highest BCUT2D eigenvalue weighted by Crippen LogP contribution is 2.41. The van der Waals surface area contributed by atoms with Crippen molar-refractivity contribution in [2.75, 3.05) is 7.11 Å². The lowest BCUT2D eigenvalue weighted by Gasteiger charge is -2.17.